The second-order valence-electron chi connectivity index (χ2n) is 5.74. The van der Waals surface area contributed by atoms with Gasteiger partial charge in [-0.05, 0) is 60.2 Å². The maximum absolute atomic E-state index is 12.2. The van der Waals surface area contributed by atoms with Crippen LogP contribution in [0.2, 0.25) is 5.02 Å². The Morgan fingerprint density at radius 2 is 1.64 bits per heavy atom. The van der Waals surface area contributed by atoms with Crippen LogP contribution in [0.5, 0.6) is 11.5 Å². The van der Waals surface area contributed by atoms with E-state index in [2.05, 4.69) is 4.98 Å². The van der Waals surface area contributed by atoms with Gasteiger partial charge in [0, 0.05) is 23.0 Å². The van der Waals surface area contributed by atoms with Crippen molar-refractivity contribution in [3.63, 3.8) is 0 Å². The first-order valence-corrected chi connectivity index (χ1v) is 8.73. The highest BCUT2D eigenvalue weighted by molar-refractivity contribution is 6.30. The number of carbonyl (C=O) groups is 2. The number of hydrogen-bond donors (Lipinski definition) is 0. The van der Waals surface area contributed by atoms with Crippen LogP contribution in [0.3, 0.4) is 0 Å². The third-order valence-electron chi connectivity index (χ3n) is 3.86. The Labute approximate surface area is 167 Å². The predicted octanol–water partition coefficient (Wildman–Crippen LogP) is 4.86. The number of hydrogen-bond acceptors (Lipinski definition) is 5. The average Bonchev–Trinajstić information content (AvgIpc) is 2.73. The molecule has 3 rings (SSSR count). The molecule has 1 heterocycles. The van der Waals surface area contributed by atoms with Gasteiger partial charge in [0.25, 0.3) is 0 Å². The lowest BCUT2D eigenvalue weighted by atomic mass is 10.1. The molecule has 3 aromatic rings. The van der Waals surface area contributed by atoms with E-state index >= 15 is 0 Å². The molecule has 0 N–H and O–H groups in total. The average molecular weight is 394 g/mol. The standard InChI is InChI=1S/C22H16ClNO4/c1-27-21-14-15(2-8-19(25)16-4-6-18(23)7-5-16)3-9-20(21)28-22(26)17-10-12-24-13-11-17/h2-14H,1H3. The summed E-state index contributed by atoms with van der Waals surface area (Å²) in [7, 11) is 1.48. The number of rotatable bonds is 6. The number of nitrogens with zero attached hydrogens (tertiary/aromatic N) is 1. The summed E-state index contributed by atoms with van der Waals surface area (Å²) < 4.78 is 10.7. The molecule has 0 unspecified atom stereocenters. The molecular weight excluding hydrogens is 378 g/mol. The first-order chi connectivity index (χ1) is 13.6. The molecule has 0 aliphatic rings. The molecule has 0 fully saturated rings. The highest BCUT2D eigenvalue weighted by atomic mass is 35.5. The quantitative estimate of drug-likeness (QED) is 0.259. The number of halogens is 1. The van der Waals surface area contributed by atoms with Gasteiger partial charge in [-0.3, -0.25) is 9.78 Å². The highest BCUT2D eigenvalue weighted by Crippen LogP contribution is 2.29. The molecular formula is C22H16ClNO4. The topological polar surface area (TPSA) is 65.5 Å². The maximum Gasteiger partial charge on any atom is 0.343 e. The molecule has 0 bridgehead atoms. The fourth-order valence-corrected chi connectivity index (χ4v) is 2.53. The van der Waals surface area contributed by atoms with E-state index in [-0.39, 0.29) is 11.5 Å². The van der Waals surface area contributed by atoms with Crippen molar-refractivity contribution in [3.05, 3.63) is 94.8 Å². The normalized spacial score (nSPS) is 10.6. The number of esters is 1. The van der Waals surface area contributed by atoms with Crippen LogP contribution in [0.15, 0.2) is 73.1 Å². The molecule has 1 aromatic heterocycles. The van der Waals surface area contributed by atoms with E-state index in [1.807, 2.05) is 0 Å². The monoisotopic (exact) mass is 393 g/mol. The number of benzene rings is 2. The predicted molar refractivity (Wildman–Crippen MR) is 107 cm³/mol. The van der Waals surface area contributed by atoms with E-state index in [9.17, 15) is 9.59 Å². The van der Waals surface area contributed by atoms with Gasteiger partial charge < -0.3 is 9.47 Å². The second-order valence-corrected chi connectivity index (χ2v) is 6.18. The molecule has 0 amide bonds. The summed E-state index contributed by atoms with van der Waals surface area (Å²) in [5, 5.41) is 0.571. The van der Waals surface area contributed by atoms with Crippen molar-refractivity contribution in [2.24, 2.45) is 0 Å². The van der Waals surface area contributed by atoms with Crippen molar-refractivity contribution in [1.29, 1.82) is 0 Å². The molecule has 0 saturated carbocycles. The van der Waals surface area contributed by atoms with Crippen LogP contribution in [-0.2, 0) is 0 Å². The van der Waals surface area contributed by atoms with Crippen molar-refractivity contribution in [3.8, 4) is 11.5 Å². The Morgan fingerprint density at radius 1 is 0.929 bits per heavy atom. The van der Waals surface area contributed by atoms with Crippen LogP contribution < -0.4 is 9.47 Å². The van der Waals surface area contributed by atoms with Crippen molar-refractivity contribution >= 4 is 29.4 Å². The first kappa shape index (κ1) is 19.3. The van der Waals surface area contributed by atoms with E-state index in [4.69, 9.17) is 21.1 Å². The lowest BCUT2D eigenvalue weighted by Gasteiger charge is -2.10. The summed E-state index contributed by atoms with van der Waals surface area (Å²) in [5.41, 5.74) is 1.65. The van der Waals surface area contributed by atoms with Crippen LogP contribution in [0, 0.1) is 0 Å². The molecule has 5 nitrogen and oxygen atoms in total. The van der Waals surface area contributed by atoms with Gasteiger partial charge in [-0.25, -0.2) is 4.79 Å². The summed E-state index contributed by atoms with van der Waals surface area (Å²) in [6.07, 6.45) is 6.15. The van der Waals surface area contributed by atoms with Crippen LogP contribution in [0.25, 0.3) is 6.08 Å². The third-order valence-corrected chi connectivity index (χ3v) is 4.11. The number of aromatic nitrogens is 1. The molecule has 28 heavy (non-hydrogen) atoms. The molecule has 0 radical (unpaired) electrons. The number of ether oxygens (including phenoxy) is 2. The van der Waals surface area contributed by atoms with Gasteiger partial charge >= 0.3 is 5.97 Å². The zero-order valence-corrected chi connectivity index (χ0v) is 15.7. The van der Waals surface area contributed by atoms with Gasteiger partial charge in [-0.1, -0.05) is 23.7 Å². The molecule has 0 aliphatic carbocycles. The lowest BCUT2D eigenvalue weighted by Crippen LogP contribution is -2.09. The van der Waals surface area contributed by atoms with Gasteiger partial charge in [-0.2, -0.15) is 0 Å². The largest absolute Gasteiger partial charge is 0.493 e. The zero-order valence-electron chi connectivity index (χ0n) is 15.0. The van der Waals surface area contributed by atoms with E-state index in [1.54, 1.807) is 60.7 Å². The molecule has 0 spiro atoms. The highest BCUT2D eigenvalue weighted by Gasteiger charge is 2.12. The van der Waals surface area contributed by atoms with Gasteiger partial charge in [0.1, 0.15) is 0 Å². The maximum atomic E-state index is 12.2. The van der Waals surface area contributed by atoms with Crippen molar-refractivity contribution < 1.29 is 19.1 Å². The summed E-state index contributed by atoms with van der Waals surface area (Å²) in [4.78, 5) is 28.3. The third kappa shape index (κ3) is 4.84. The summed E-state index contributed by atoms with van der Waals surface area (Å²) in [6, 6.07) is 14.8. The smallest absolute Gasteiger partial charge is 0.343 e. The number of carbonyl (C=O) groups excluding carboxylic acids is 2. The van der Waals surface area contributed by atoms with Crippen molar-refractivity contribution in [2.45, 2.75) is 0 Å². The SMILES string of the molecule is COc1cc(C=CC(=O)c2ccc(Cl)cc2)ccc1OC(=O)c1ccncc1. The van der Waals surface area contributed by atoms with Crippen molar-refractivity contribution in [1.82, 2.24) is 4.98 Å². The lowest BCUT2D eigenvalue weighted by molar-refractivity contribution is 0.0729. The summed E-state index contributed by atoms with van der Waals surface area (Å²) >= 11 is 5.83. The molecule has 140 valence electrons. The summed E-state index contributed by atoms with van der Waals surface area (Å²) in [6.45, 7) is 0. The van der Waals surface area contributed by atoms with Gasteiger partial charge in [0.15, 0.2) is 17.3 Å². The molecule has 2 aromatic carbocycles. The number of ketones is 1. The van der Waals surface area contributed by atoms with Gasteiger partial charge in [0.2, 0.25) is 0 Å². The van der Waals surface area contributed by atoms with Crippen LogP contribution in [-0.4, -0.2) is 23.8 Å². The Hall–Kier alpha value is -3.44. The molecule has 0 atom stereocenters. The Balaban J connectivity index is 1.74. The fourth-order valence-electron chi connectivity index (χ4n) is 2.40. The zero-order chi connectivity index (χ0) is 19.9. The number of allylic oxidation sites excluding steroid dienone is 1. The van der Waals surface area contributed by atoms with E-state index < -0.39 is 5.97 Å². The molecule has 0 aliphatic heterocycles. The van der Waals surface area contributed by atoms with E-state index in [0.29, 0.717) is 21.9 Å². The molecule has 6 heteroatoms. The van der Waals surface area contributed by atoms with Crippen LogP contribution >= 0.6 is 11.6 Å². The Kier molecular flexibility index (Phi) is 6.19. The number of methoxy groups -OCH3 is 1. The Morgan fingerprint density at radius 3 is 2.32 bits per heavy atom. The minimum atomic E-state index is -0.512. The van der Waals surface area contributed by atoms with Crippen LogP contribution in [0.4, 0.5) is 0 Å². The minimum absolute atomic E-state index is 0.149. The van der Waals surface area contributed by atoms with Crippen LogP contribution in [0.1, 0.15) is 26.3 Å². The van der Waals surface area contributed by atoms with Gasteiger partial charge in [-0.15, -0.1) is 0 Å². The summed E-state index contributed by atoms with van der Waals surface area (Å²) in [5.74, 6) is -0.000258. The molecule has 0 saturated heterocycles. The second kappa shape index (κ2) is 8.97. The number of pyridine rings is 1. The van der Waals surface area contributed by atoms with E-state index in [0.717, 1.165) is 5.56 Å². The van der Waals surface area contributed by atoms with E-state index in [1.165, 1.54) is 25.6 Å². The minimum Gasteiger partial charge on any atom is -0.493 e. The Bertz CT molecular complexity index is 1010. The van der Waals surface area contributed by atoms with Crippen molar-refractivity contribution in [2.75, 3.05) is 7.11 Å². The van der Waals surface area contributed by atoms with Gasteiger partial charge in [0.05, 0.1) is 12.7 Å². The fraction of sp³-hybridized carbons (Fsp3) is 0.0455. The first-order valence-electron chi connectivity index (χ1n) is 8.35.